The predicted octanol–water partition coefficient (Wildman–Crippen LogP) is 3.02. The van der Waals surface area contributed by atoms with Crippen LogP contribution in [0, 0.1) is 5.82 Å². The Morgan fingerprint density at radius 2 is 1.83 bits per heavy atom. The lowest BCUT2D eigenvalue weighted by atomic mass is 10.3. The van der Waals surface area contributed by atoms with Crippen LogP contribution in [-0.4, -0.2) is 15.6 Å². The number of para-hydroxylation sites is 1. The molecule has 0 radical (unpaired) electrons. The Balaban J connectivity index is 1.83. The van der Waals surface area contributed by atoms with Crippen molar-refractivity contribution in [3.05, 3.63) is 83.2 Å². The number of aromatic nitrogens is 2. The van der Waals surface area contributed by atoms with E-state index in [1.807, 2.05) is 6.07 Å². The van der Waals surface area contributed by atoms with Gasteiger partial charge in [-0.15, -0.1) is 0 Å². The highest BCUT2D eigenvalue weighted by Gasteiger charge is 2.10. The molecule has 0 fully saturated rings. The van der Waals surface area contributed by atoms with Crippen molar-refractivity contribution in [3.63, 3.8) is 0 Å². The van der Waals surface area contributed by atoms with E-state index in [0.717, 1.165) is 0 Å². The molecular formula is C17H13FN4O2. The summed E-state index contributed by atoms with van der Waals surface area (Å²) in [5.74, 6) is -0.622. The molecule has 0 atom stereocenters. The number of carbonyl (C=O) groups excluding carboxylic acids is 1. The first-order valence-corrected chi connectivity index (χ1v) is 7.10. The third kappa shape index (κ3) is 3.46. The van der Waals surface area contributed by atoms with E-state index in [-0.39, 0.29) is 5.82 Å². The molecule has 0 aliphatic rings. The zero-order valence-corrected chi connectivity index (χ0v) is 12.4. The van der Waals surface area contributed by atoms with Gasteiger partial charge in [0.2, 0.25) is 5.82 Å². The fraction of sp³-hybridized carbons (Fsp3) is 0. The molecule has 3 rings (SSSR count). The van der Waals surface area contributed by atoms with Crippen LogP contribution >= 0.6 is 0 Å². The van der Waals surface area contributed by atoms with Crippen molar-refractivity contribution in [1.29, 1.82) is 0 Å². The normalized spacial score (nSPS) is 10.2. The maximum absolute atomic E-state index is 13.3. The summed E-state index contributed by atoms with van der Waals surface area (Å²) in [6.07, 6.45) is 2.75. The van der Waals surface area contributed by atoms with E-state index in [2.05, 4.69) is 15.6 Å². The monoisotopic (exact) mass is 324 g/mol. The van der Waals surface area contributed by atoms with Gasteiger partial charge in [0.15, 0.2) is 0 Å². The molecule has 0 saturated heterocycles. The molecule has 0 aliphatic carbocycles. The number of benzene rings is 2. The lowest BCUT2D eigenvalue weighted by molar-refractivity contribution is 0.262. The Labute approximate surface area is 136 Å². The lowest BCUT2D eigenvalue weighted by Crippen LogP contribution is -2.28. The Kier molecular flexibility index (Phi) is 4.33. The zero-order valence-electron chi connectivity index (χ0n) is 12.4. The van der Waals surface area contributed by atoms with Crippen molar-refractivity contribution in [2.75, 3.05) is 10.6 Å². The van der Waals surface area contributed by atoms with Gasteiger partial charge >= 0.3 is 6.03 Å². The summed E-state index contributed by atoms with van der Waals surface area (Å²) >= 11 is 0. The van der Waals surface area contributed by atoms with E-state index in [1.165, 1.54) is 35.2 Å². The van der Waals surface area contributed by atoms with E-state index in [1.54, 1.807) is 30.3 Å². The molecule has 2 amide bonds. The Bertz CT molecular complexity index is 925. The second-order valence-electron chi connectivity index (χ2n) is 4.88. The summed E-state index contributed by atoms with van der Waals surface area (Å²) in [6.45, 7) is 0. The van der Waals surface area contributed by atoms with E-state index in [9.17, 15) is 14.0 Å². The maximum Gasteiger partial charge on any atom is 0.325 e. The summed E-state index contributed by atoms with van der Waals surface area (Å²) in [6, 6.07) is 13.8. The highest BCUT2D eigenvalue weighted by Crippen LogP contribution is 2.09. The molecular weight excluding hydrogens is 311 g/mol. The van der Waals surface area contributed by atoms with E-state index in [4.69, 9.17) is 0 Å². The predicted molar refractivity (Wildman–Crippen MR) is 88.9 cm³/mol. The highest BCUT2D eigenvalue weighted by atomic mass is 19.1. The molecule has 6 nitrogen and oxygen atoms in total. The van der Waals surface area contributed by atoms with Crippen LogP contribution < -0.4 is 16.2 Å². The second-order valence-corrected chi connectivity index (χ2v) is 4.88. The molecule has 120 valence electrons. The molecule has 1 aromatic heterocycles. The minimum atomic E-state index is -0.595. The van der Waals surface area contributed by atoms with Crippen molar-refractivity contribution in [2.45, 2.75) is 0 Å². The molecule has 24 heavy (non-hydrogen) atoms. The average Bonchev–Trinajstić information content (AvgIpc) is 2.57. The van der Waals surface area contributed by atoms with Crippen molar-refractivity contribution < 1.29 is 9.18 Å². The number of urea groups is 1. The molecule has 0 aliphatic heterocycles. The standard InChI is InChI=1S/C17H13FN4O2/c18-12-5-4-8-14(11-12)22-10-9-19-15(16(22)23)21-17(24)20-13-6-2-1-3-7-13/h1-11H,(H2,19,20,21,24). The molecule has 0 saturated carbocycles. The first-order chi connectivity index (χ1) is 11.6. The molecule has 2 N–H and O–H groups in total. The number of hydrogen-bond acceptors (Lipinski definition) is 3. The first-order valence-electron chi connectivity index (χ1n) is 7.10. The van der Waals surface area contributed by atoms with Gasteiger partial charge in [-0.25, -0.2) is 14.2 Å². The number of nitrogens with one attached hydrogen (secondary N) is 2. The van der Waals surface area contributed by atoms with Crippen LogP contribution in [0.3, 0.4) is 0 Å². The smallest absolute Gasteiger partial charge is 0.308 e. The summed E-state index contributed by atoms with van der Waals surface area (Å²) in [4.78, 5) is 28.2. The molecule has 0 spiro atoms. The van der Waals surface area contributed by atoms with Crippen LogP contribution in [0.15, 0.2) is 71.8 Å². The number of carbonyl (C=O) groups is 1. The van der Waals surface area contributed by atoms with Crippen molar-refractivity contribution in [3.8, 4) is 5.69 Å². The second kappa shape index (κ2) is 6.74. The zero-order chi connectivity index (χ0) is 16.9. The van der Waals surface area contributed by atoms with E-state index < -0.39 is 17.4 Å². The maximum atomic E-state index is 13.3. The van der Waals surface area contributed by atoms with Crippen LogP contribution in [0.4, 0.5) is 20.7 Å². The summed E-state index contributed by atoms with van der Waals surface area (Å²) in [5, 5.41) is 4.98. The Morgan fingerprint density at radius 3 is 2.58 bits per heavy atom. The SMILES string of the molecule is O=C(Nc1ccccc1)Nc1nccn(-c2cccc(F)c2)c1=O. The van der Waals surface area contributed by atoms with Crippen LogP contribution in [0.25, 0.3) is 5.69 Å². The highest BCUT2D eigenvalue weighted by molar-refractivity contribution is 5.98. The number of nitrogens with zero attached hydrogens (tertiary/aromatic N) is 2. The minimum absolute atomic E-state index is 0.157. The fourth-order valence-corrected chi connectivity index (χ4v) is 2.12. The van der Waals surface area contributed by atoms with Gasteiger partial charge in [0.1, 0.15) is 5.82 Å². The van der Waals surface area contributed by atoms with Crippen molar-refractivity contribution in [2.24, 2.45) is 0 Å². The topological polar surface area (TPSA) is 76.0 Å². The van der Waals surface area contributed by atoms with Gasteiger partial charge in [0.25, 0.3) is 5.56 Å². The van der Waals surface area contributed by atoms with Crippen LogP contribution in [0.5, 0.6) is 0 Å². The van der Waals surface area contributed by atoms with Gasteiger partial charge in [-0.2, -0.15) is 0 Å². The summed E-state index contributed by atoms with van der Waals surface area (Å²) in [5.41, 5.74) is 0.358. The molecule has 7 heteroatoms. The molecule has 3 aromatic rings. The number of amides is 2. The number of halogens is 1. The Hall–Kier alpha value is -3.48. The molecule has 0 bridgehead atoms. The quantitative estimate of drug-likeness (QED) is 0.777. The van der Waals surface area contributed by atoms with Crippen LogP contribution in [-0.2, 0) is 0 Å². The van der Waals surface area contributed by atoms with Gasteiger partial charge in [0.05, 0.1) is 5.69 Å². The third-order valence-corrected chi connectivity index (χ3v) is 3.19. The number of hydrogen-bond donors (Lipinski definition) is 2. The minimum Gasteiger partial charge on any atom is -0.308 e. The number of rotatable bonds is 3. The summed E-state index contributed by atoms with van der Waals surface area (Å²) in [7, 11) is 0. The lowest BCUT2D eigenvalue weighted by Gasteiger charge is -2.09. The van der Waals surface area contributed by atoms with Gasteiger partial charge in [-0.3, -0.25) is 14.7 Å². The average molecular weight is 324 g/mol. The van der Waals surface area contributed by atoms with Crippen molar-refractivity contribution in [1.82, 2.24) is 9.55 Å². The van der Waals surface area contributed by atoms with Gasteiger partial charge in [-0.1, -0.05) is 24.3 Å². The van der Waals surface area contributed by atoms with Gasteiger partial charge in [0, 0.05) is 18.1 Å². The van der Waals surface area contributed by atoms with Gasteiger partial charge < -0.3 is 5.32 Å². The van der Waals surface area contributed by atoms with Crippen LogP contribution in [0.2, 0.25) is 0 Å². The summed E-state index contributed by atoms with van der Waals surface area (Å²) < 4.78 is 14.5. The van der Waals surface area contributed by atoms with E-state index >= 15 is 0 Å². The largest absolute Gasteiger partial charge is 0.325 e. The fourth-order valence-electron chi connectivity index (χ4n) is 2.12. The number of anilines is 2. The van der Waals surface area contributed by atoms with Crippen molar-refractivity contribution >= 4 is 17.5 Å². The molecule has 1 heterocycles. The van der Waals surface area contributed by atoms with Crippen LogP contribution in [0.1, 0.15) is 0 Å². The molecule has 2 aromatic carbocycles. The third-order valence-electron chi connectivity index (χ3n) is 3.19. The van der Waals surface area contributed by atoms with E-state index in [0.29, 0.717) is 11.4 Å². The Morgan fingerprint density at radius 1 is 1.04 bits per heavy atom. The van der Waals surface area contributed by atoms with Gasteiger partial charge in [-0.05, 0) is 30.3 Å². The first kappa shape index (κ1) is 15.4. The molecule has 0 unspecified atom stereocenters.